The van der Waals surface area contributed by atoms with E-state index < -0.39 is 0 Å². The summed E-state index contributed by atoms with van der Waals surface area (Å²) in [4.78, 5) is 25.9. The minimum Gasteiger partial charge on any atom is -0.383 e. The third kappa shape index (κ3) is 3.85. The van der Waals surface area contributed by atoms with Crippen molar-refractivity contribution in [1.29, 1.82) is 0 Å². The van der Waals surface area contributed by atoms with E-state index in [4.69, 9.17) is 9.47 Å². The van der Waals surface area contributed by atoms with Crippen molar-refractivity contribution < 1.29 is 14.3 Å². The summed E-state index contributed by atoms with van der Waals surface area (Å²) in [6.45, 7) is 7.36. The average molecular weight is 395 g/mol. The molecule has 7 nitrogen and oxygen atoms in total. The van der Waals surface area contributed by atoms with E-state index in [1.54, 1.807) is 18.4 Å². The van der Waals surface area contributed by atoms with Crippen molar-refractivity contribution in [2.75, 3.05) is 64.6 Å². The molecular formula is C19H30N4O3S. The van der Waals surface area contributed by atoms with Crippen LogP contribution in [0.4, 0.5) is 5.13 Å². The number of carbonyl (C=O) groups excluding carboxylic acids is 1. The Morgan fingerprint density at radius 1 is 1.22 bits per heavy atom. The molecule has 0 radical (unpaired) electrons. The largest absolute Gasteiger partial charge is 0.383 e. The Labute approximate surface area is 165 Å². The number of anilines is 1. The molecule has 1 unspecified atom stereocenters. The number of morpholine rings is 1. The van der Waals surface area contributed by atoms with Crippen molar-refractivity contribution >= 4 is 22.4 Å². The van der Waals surface area contributed by atoms with Gasteiger partial charge in [-0.25, -0.2) is 4.98 Å². The zero-order valence-corrected chi connectivity index (χ0v) is 17.0. The highest BCUT2D eigenvalue weighted by molar-refractivity contribution is 7.15. The molecule has 1 spiro atoms. The molecule has 3 fully saturated rings. The Hall–Kier alpha value is -1.22. The number of hydrogen-bond acceptors (Lipinski definition) is 7. The predicted molar refractivity (Wildman–Crippen MR) is 105 cm³/mol. The molecule has 3 aliphatic rings. The van der Waals surface area contributed by atoms with E-state index in [1.165, 1.54) is 4.88 Å². The number of ether oxygens (including phenoxy) is 2. The maximum Gasteiger partial charge on any atom is 0.243 e. The molecule has 27 heavy (non-hydrogen) atoms. The highest BCUT2D eigenvalue weighted by atomic mass is 32.1. The van der Waals surface area contributed by atoms with Crippen LogP contribution in [0.3, 0.4) is 0 Å². The molecule has 3 saturated heterocycles. The van der Waals surface area contributed by atoms with Crippen LogP contribution in [-0.4, -0.2) is 85.9 Å². The zero-order chi connectivity index (χ0) is 18.7. The topological polar surface area (TPSA) is 58.1 Å². The first kappa shape index (κ1) is 19.1. The number of methoxy groups -OCH3 is 1. The van der Waals surface area contributed by atoms with Gasteiger partial charge >= 0.3 is 0 Å². The summed E-state index contributed by atoms with van der Waals surface area (Å²) in [5.41, 5.74) is -0.310. The molecule has 0 aliphatic carbocycles. The fourth-order valence-corrected chi connectivity index (χ4v) is 5.61. The van der Waals surface area contributed by atoms with Gasteiger partial charge in [-0.2, -0.15) is 0 Å². The summed E-state index contributed by atoms with van der Waals surface area (Å²) in [7, 11) is 1.70. The number of nitrogens with zero attached hydrogens (tertiary/aromatic N) is 4. The van der Waals surface area contributed by atoms with Crippen LogP contribution in [-0.2, 0) is 20.8 Å². The van der Waals surface area contributed by atoms with Crippen molar-refractivity contribution in [3.8, 4) is 0 Å². The number of likely N-dealkylation sites (tertiary alicyclic amines) is 2. The second-order valence-corrected chi connectivity index (χ2v) is 8.75. The minimum absolute atomic E-state index is 0.307. The Kier molecular flexibility index (Phi) is 5.96. The molecule has 1 aromatic heterocycles. The van der Waals surface area contributed by atoms with Gasteiger partial charge in [-0.05, 0) is 32.2 Å². The van der Waals surface area contributed by atoms with Gasteiger partial charge in [0.05, 0.1) is 19.8 Å². The van der Waals surface area contributed by atoms with Gasteiger partial charge in [0.2, 0.25) is 5.91 Å². The molecule has 1 atom stereocenters. The van der Waals surface area contributed by atoms with Gasteiger partial charge in [-0.1, -0.05) is 0 Å². The van der Waals surface area contributed by atoms with Gasteiger partial charge in [0.1, 0.15) is 5.54 Å². The molecule has 8 heteroatoms. The lowest BCUT2D eigenvalue weighted by atomic mass is 9.85. The van der Waals surface area contributed by atoms with Gasteiger partial charge < -0.3 is 19.3 Å². The number of amides is 1. The summed E-state index contributed by atoms with van der Waals surface area (Å²) in [5, 5.41) is 1.08. The Bertz CT molecular complexity index is 649. The van der Waals surface area contributed by atoms with Crippen molar-refractivity contribution in [1.82, 2.24) is 14.8 Å². The summed E-state index contributed by atoms with van der Waals surface area (Å²) in [6, 6.07) is 0. The third-order valence-corrected chi connectivity index (χ3v) is 7.11. The molecule has 1 amide bonds. The van der Waals surface area contributed by atoms with Crippen LogP contribution in [0, 0.1) is 0 Å². The summed E-state index contributed by atoms with van der Waals surface area (Å²) >= 11 is 1.76. The number of aromatic nitrogens is 1. The van der Waals surface area contributed by atoms with Gasteiger partial charge in [-0.15, -0.1) is 11.3 Å². The van der Waals surface area contributed by atoms with Gasteiger partial charge in [-0.3, -0.25) is 9.69 Å². The van der Waals surface area contributed by atoms with E-state index in [0.29, 0.717) is 19.1 Å². The zero-order valence-electron chi connectivity index (χ0n) is 16.2. The van der Waals surface area contributed by atoms with Crippen LogP contribution < -0.4 is 4.90 Å². The molecule has 0 N–H and O–H groups in total. The average Bonchev–Trinajstić information content (AvgIpc) is 3.32. The van der Waals surface area contributed by atoms with Crippen LogP contribution in [0.15, 0.2) is 6.20 Å². The molecule has 4 rings (SSSR count). The Morgan fingerprint density at radius 2 is 2.00 bits per heavy atom. The number of rotatable bonds is 6. The molecule has 4 heterocycles. The van der Waals surface area contributed by atoms with E-state index in [1.807, 2.05) is 11.1 Å². The lowest BCUT2D eigenvalue weighted by molar-refractivity contribution is -0.148. The lowest BCUT2D eigenvalue weighted by Gasteiger charge is -2.44. The van der Waals surface area contributed by atoms with E-state index in [2.05, 4.69) is 14.8 Å². The SMILES string of the molecule is COCCN1CCCC2(CCCN2Cc2cnc(N3CCOCC3)s2)C1=O. The number of carbonyl (C=O) groups is 1. The van der Waals surface area contributed by atoms with Crippen molar-refractivity contribution in [2.24, 2.45) is 0 Å². The maximum atomic E-state index is 13.3. The van der Waals surface area contributed by atoms with Crippen molar-refractivity contribution in [2.45, 2.75) is 37.8 Å². The first-order valence-corrected chi connectivity index (χ1v) is 10.9. The van der Waals surface area contributed by atoms with Gasteiger partial charge in [0.25, 0.3) is 0 Å². The molecule has 0 aromatic carbocycles. The molecule has 1 aromatic rings. The second-order valence-electron chi connectivity index (χ2n) is 7.65. The quantitative estimate of drug-likeness (QED) is 0.730. The maximum absolute atomic E-state index is 13.3. The summed E-state index contributed by atoms with van der Waals surface area (Å²) < 4.78 is 10.6. The van der Waals surface area contributed by atoms with Crippen LogP contribution in [0.1, 0.15) is 30.6 Å². The Morgan fingerprint density at radius 3 is 2.78 bits per heavy atom. The number of piperidine rings is 1. The molecule has 0 bridgehead atoms. The fourth-order valence-electron chi connectivity index (χ4n) is 4.63. The van der Waals surface area contributed by atoms with E-state index in [9.17, 15) is 4.79 Å². The number of thiazole rings is 1. The first-order valence-electron chi connectivity index (χ1n) is 10.0. The smallest absolute Gasteiger partial charge is 0.243 e. The second kappa shape index (κ2) is 8.43. The van der Waals surface area contributed by atoms with Crippen molar-refractivity contribution in [3.63, 3.8) is 0 Å². The Balaban J connectivity index is 1.45. The van der Waals surface area contributed by atoms with Crippen LogP contribution in [0.25, 0.3) is 0 Å². The summed E-state index contributed by atoms with van der Waals surface area (Å²) in [6.07, 6.45) is 6.12. The molecular weight excluding hydrogens is 364 g/mol. The highest BCUT2D eigenvalue weighted by Crippen LogP contribution is 2.40. The summed E-state index contributed by atoms with van der Waals surface area (Å²) in [5.74, 6) is 0.307. The monoisotopic (exact) mass is 394 g/mol. The highest BCUT2D eigenvalue weighted by Gasteiger charge is 2.50. The first-order chi connectivity index (χ1) is 13.2. The standard InChI is InChI=1S/C19H30N4O3S/c1-25-11-8-21-6-2-4-19(17(21)24)5-3-7-23(19)15-16-14-20-18(27-16)22-9-12-26-13-10-22/h14H,2-13,15H2,1H3. The van der Waals surface area contributed by atoms with E-state index in [-0.39, 0.29) is 5.54 Å². The van der Waals surface area contributed by atoms with Gasteiger partial charge in [0.15, 0.2) is 5.13 Å². The van der Waals surface area contributed by atoms with E-state index >= 15 is 0 Å². The van der Waals surface area contributed by atoms with Gasteiger partial charge in [0, 0.05) is 50.9 Å². The molecule has 0 saturated carbocycles. The molecule has 3 aliphatic heterocycles. The van der Waals surface area contributed by atoms with Crippen molar-refractivity contribution in [3.05, 3.63) is 11.1 Å². The van der Waals surface area contributed by atoms with Crippen LogP contribution in [0.2, 0.25) is 0 Å². The van der Waals surface area contributed by atoms with E-state index in [0.717, 1.165) is 76.8 Å². The third-order valence-electron chi connectivity index (χ3n) is 6.06. The van der Waals surface area contributed by atoms with Crippen LogP contribution >= 0.6 is 11.3 Å². The predicted octanol–water partition coefficient (Wildman–Crippen LogP) is 1.58. The normalized spacial score (nSPS) is 27.1. The fraction of sp³-hybridized carbons (Fsp3) is 0.789. The minimum atomic E-state index is -0.310. The lowest BCUT2D eigenvalue weighted by Crippen LogP contribution is -2.60. The molecule has 150 valence electrons. The number of hydrogen-bond donors (Lipinski definition) is 0. The van der Waals surface area contributed by atoms with Crippen LogP contribution in [0.5, 0.6) is 0 Å².